The number of carbonyl (C=O) groups is 1. The largest absolute Gasteiger partial charge is 0.281 e. The molecule has 0 bridgehead atoms. The van der Waals surface area contributed by atoms with E-state index in [4.69, 9.17) is 11.6 Å². The molecule has 0 N–H and O–H groups in total. The Labute approximate surface area is 81.1 Å². The van der Waals surface area contributed by atoms with E-state index >= 15 is 0 Å². The minimum Gasteiger partial charge on any atom is -0.281 e. The maximum absolute atomic E-state index is 10.5. The molecule has 0 aliphatic rings. The van der Waals surface area contributed by atoms with Gasteiger partial charge in [-0.2, -0.15) is 0 Å². The Balaban J connectivity index is 2.71. The fraction of sp³-hybridized carbons (Fsp3) is 0.222. The van der Waals surface area contributed by atoms with Crippen LogP contribution in [0.4, 0.5) is 0 Å². The van der Waals surface area contributed by atoms with Gasteiger partial charge in [-0.3, -0.25) is 4.79 Å². The first-order valence-electron chi connectivity index (χ1n) is 3.53. The summed E-state index contributed by atoms with van der Waals surface area (Å²) in [7, 11) is 0. The van der Waals surface area contributed by atoms with Gasteiger partial charge in [-0.15, -0.1) is 11.8 Å². The van der Waals surface area contributed by atoms with Crippen molar-refractivity contribution >= 4 is 28.6 Å². The van der Waals surface area contributed by atoms with Crippen molar-refractivity contribution in [3.05, 3.63) is 29.8 Å². The summed E-state index contributed by atoms with van der Waals surface area (Å²) in [6.07, 6.45) is 2.33. The maximum atomic E-state index is 10.5. The van der Waals surface area contributed by atoms with E-state index < -0.39 is 0 Å². The first kappa shape index (κ1) is 9.62. The summed E-state index contributed by atoms with van der Waals surface area (Å²) in [4.78, 5) is 11.7. The highest BCUT2D eigenvalue weighted by atomic mass is 35.5. The first-order valence-corrected chi connectivity index (χ1v) is 5.14. The zero-order valence-corrected chi connectivity index (χ0v) is 8.28. The molecule has 0 radical (unpaired) electrons. The lowest BCUT2D eigenvalue weighted by Crippen LogP contribution is -1.92. The quantitative estimate of drug-likeness (QED) is 0.551. The molecule has 64 valence electrons. The zero-order valence-electron chi connectivity index (χ0n) is 6.71. The van der Waals surface area contributed by atoms with Gasteiger partial charge in [-0.25, -0.2) is 0 Å². The van der Waals surface area contributed by atoms with Crippen molar-refractivity contribution < 1.29 is 4.79 Å². The third-order valence-electron chi connectivity index (χ3n) is 1.50. The molecule has 0 fully saturated rings. The standard InChI is InChI=1S/C9H9ClOS/c1-12-8-4-2-7(3-5-8)6-9(10)11/h2-5H,6H2,1H3. The molecule has 12 heavy (non-hydrogen) atoms. The van der Waals surface area contributed by atoms with Crippen LogP contribution in [0.15, 0.2) is 29.2 Å². The molecule has 0 aliphatic carbocycles. The number of hydrogen-bond acceptors (Lipinski definition) is 2. The molecule has 0 atom stereocenters. The molecule has 0 spiro atoms. The maximum Gasteiger partial charge on any atom is 0.226 e. The van der Waals surface area contributed by atoms with Crippen molar-refractivity contribution in [1.29, 1.82) is 0 Å². The van der Waals surface area contributed by atoms with Crippen LogP contribution in [0.2, 0.25) is 0 Å². The smallest absolute Gasteiger partial charge is 0.226 e. The Bertz CT molecular complexity index is 268. The lowest BCUT2D eigenvalue weighted by Gasteiger charge is -1.98. The number of carbonyl (C=O) groups excluding carboxylic acids is 1. The lowest BCUT2D eigenvalue weighted by molar-refractivity contribution is -0.111. The average molecular weight is 201 g/mol. The third-order valence-corrected chi connectivity index (χ3v) is 2.38. The molecular weight excluding hydrogens is 192 g/mol. The predicted octanol–water partition coefficient (Wildman–Crippen LogP) is 2.72. The Morgan fingerprint density at radius 2 is 2.00 bits per heavy atom. The van der Waals surface area contributed by atoms with Gasteiger partial charge in [-0.05, 0) is 35.6 Å². The first-order chi connectivity index (χ1) is 5.72. The second kappa shape index (κ2) is 4.53. The second-order valence-electron chi connectivity index (χ2n) is 2.38. The van der Waals surface area contributed by atoms with E-state index in [9.17, 15) is 4.79 Å². The second-order valence-corrected chi connectivity index (χ2v) is 3.68. The van der Waals surface area contributed by atoms with Gasteiger partial charge in [0.05, 0.1) is 0 Å². The summed E-state index contributed by atoms with van der Waals surface area (Å²) in [5, 5.41) is -0.313. The SMILES string of the molecule is CSc1ccc(CC(=O)Cl)cc1. The molecule has 0 aliphatic heterocycles. The van der Waals surface area contributed by atoms with Crippen LogP contribution < -0.4 is 0 Å². The van der Waals surface area contributed by atoms with Gasteiger partial charge < -0.3 is 0 Å². The van der Waals surface area contributed by atoms with Crippen molar-refractivity contribution in [2.75, 3.05) is 6.26 Å². The minimum absolute atomic E-state index is 0.313. The van der Waals surface area contributed by atoms with Gasteiger partial charge in [0.1, 0.15) is 0 Å². The third kappa shape index (κ3) is 2.88. The van der Waals surface area contributed by atoms with E-state index in [1.54, 1.807) is 11.8 Å². The highest BCUT2D eigenvalue weighted by Crippen LogP contribution is 2.15. The van der Waals surface area contributed by atoms with Crippen LogP contribution in [-0.4, -0.2) is 11.5 Å². The van der Waals surface area contributed by atoms with Crippen molar-refractivity contribution in [2.24, 2.45) is 0 Å². The molecule has 1 aromatic carbocycles. The molecular formula is C9H9ClOS. The van der Waals surface area contributed by atoms with E-state index in [0.717, 1.165) is 5.56 Å². The minimum atomic E-state index is -0.313. The molecule has 0 aromatic heterocycles. The molecule has 0 unspecified atom stereocenters. The highest BCUT2D eigenvalue weighted by Gasteiger charge is 1.98. The summed E-state index contributed by atoms with van der Waals surface area (Å²) >= 11 is 6.92. The molecule has 0 heterocycles. The molecule has 3 heteroatoms. The summed E-state index contributed by atoms with van der Waals surface area (Å²) < 4.78 is 0. The summed E-state index contributed by atoms with van der Waals surface area (Å²) in [6.45, 7) is 0. The Kier molecular flexibility index (Phi) is 3.63. The van der Waals surface area contributed by atoms with Gasteiger partial charge in [0.25, 0.3) is 0 Å². The van der Waals surface area contributed by atoms with Gasteiger partial charge in [-0.1, -0.05) is 12.1 Å². The van der Waals surface area contributed by atoms with Gasteiger partial charge in [0, 0.05) is 11.3 Å². The number of hydrogen-bond donors (Lipinski definition) is 0. The Hall–Kier alpha value is -0.470. The zero-order chi connectivity index (χ0) is 8.97. The van der Waals surface area contributed by atoms with E-state index in [1.165, 1.54) is 4.90 Å². The molecule has 1 aromatic rings. The Morgan fingerprint density at radius 3 is 2.42 bits per heavy atom. The van der Waals surface area contributed by atoms with Gasteiger partial charge in [0.2, 0.25) is 5.24 Å². The molecule has 1 rings (SSSR count). The van der Waals surface area contributed by atoms with Crippen LogP contribution in [0.1, 0.15) is 5.56 Å². The van der Waals surface area contributed by atoms with Crippen molar-refractivity contribution in [2.45, 2.75) is 11.3 Å². The van der Waals surface area contributed by atoms with Crippen LogP contribution in [0.5, 0.6) is 0 Å². The molecule has 1 nitrogen and oxygen atoms in total. The van der Waals surface area contributed by atoms with Gasteiger partial charge >= 0.3 is 0 Å². The van der Waals surface area contributed by atoms with Crippen molar-refractivity contribution in [1.82, 2.24) is 0 Å². The summed E-state index contributed by atoms with van der Waals surface area (Å²) in [6, 6.07) is 7.82. The van der Waals surface area contributed by atoms with E-state index in [-0.39, 0.29) is 5.24 Å². The van der Waals surface area contributed by atoms with Gasteiger partial charge in [0.15, 0.2) is 0 Å². The summed E-state index contributed by atoms with van der Waals surface area (Å²) in [5.41, 5.74) is 0.966. The van der Waals surface area contributed by atoms with Crippen LogP contribution >= 0.6 is 23.4 Å². The topological polar surface area (TPSA) is 17.1 Å². The van der Waals surface area contributed by atoms with Crippen LogP contribution in [0, 0.1) is 0 Å². The number of thioether (sulfide) groups is 1. The highest BCUT2D eigenvalue weighted by molar-refractivity contribution is 7.98. The molecule has 0 amide bonds. The number of halogens is 1. The van der Waals surface area contributed by atoms with Crippen LogP contribution in [0.3, 0.4) is 0 Å². The van der Waals surface area contributed by atoms with Crippen molar-refractivity contribution in [3.8, 4) is 0 Å². The average Bonchev–Trinajstić information content (AvgIpc) is 2.05. The lowest BCUT2D eigenvalue weighted by atomic mass is 10.2. The number of rotatable bonds is 3. The number of benzene rings is 1. The molecule has 0 saturated carbocycles. The van der Waals surface area contributed by atoms with E-state index in [1.807, 2.05) is 30.5 Å². The Morgan fingerprint density at radius 1 is 1.42 bits per heavy atom. The fourth-order valence-corrected chi connectivity index (χ4v) is 1.47. The summed E-state index contributed by atoms with van der Waals surface area (Å²) in [5.74, 6) is 0. The van der Waals surface area contributed by atoms with E-state index in [0.29, 0.717) is 6.42 Å². The predicted molar refractivity (Wildman–Crippen MR) is 52.8 cm³/mol. The molecule has 0 saturated heterocycles. The van der Waals surface area contributed by atoms with Crippen molar-refractivity contribution in [3.63, 3.8) is 0 Å². The van der Waals surface area contributed by atoms with Crippen LogP contribution in [0.25, 0.3) is 0 Å². The normalized spacial score (nSPS) is 9.83. The monoisotopic (exact) mass is 200 g/mol. The fourth-order valence-electron chi connectivity index (χ4n) is 0.904. The van der Waals surface area contributed by atoms with E-state index in [2.05, 4.69) is 0 Å². The van der Waals surface area contributed by atoms with Crippen LogP contribution in [-0.2, 0) is 11.2 Å².